The topological polar surface area (TPSA) is 73.8 Å². The fourth-order valence-corrected chi connectivity index (χ4v) is 4.03. The Hall–Kier alpha value is -2.93. The quantitative estimate of drug-likeness (QED) is 0.824. The highest BCUT2D eigenvalue weighted by Crippen LogP contribution is 2.28. The average Bonchev–Trinajstić information content (AvgIpc) is 3.23. The maximum absolute atomic E-state index is 12.4. The molecule has 136 valence electrons. The van der Waals surface area contributed by atoms with Crippen LogP contribution in [0.15, 0.2) is 46.0 Å². The van der Waals surface area contributed by atoms with Crippen molar-refractivity contribution in [3.63, 3.8) is 0 Å². The molecule has 3 heterocycles. The van der Waals surface area contributed by atoms with E-state index in [2.05, 4.69) is 33.7 Å². The van der Waals surface area contributed by atoms with Crippen LogP contribution in [0.5, 0.6) is 0 Å². The van der Waals surface area contributed by atoms with Gasteiger partial charge in [-0.1, -0.05) is 25.1 Å². The van der Waals surface area contributed by atoms with E-state index in [1.54, 1.807) is 11.6 Å². The lowest BCUT2D eigenvalue weighted by atomic mass is 10.1. The van der Waals surface area contributed by atoms with E-state index in [-0.39, 0.29) is 11.4 Å². The number of rotatable bonds is 3. The molecule has 4 rings (SSSR count). The molecule has 0 unspecified atom stereocenters. The summed E-state index contributed by atoms with van der Waals surface area (Å²) in [7, 11) is 0. The molecule has 0 bridgehead atoms. The number of para-hydroxylation sites is 1. The number of aliphatic imine (C=N–C) groups is 1. The Bertz CT molecular complexity index is 1060. The van der Waals surface area contributed by atoms with E-state index >= 15 is 0 Å². The van der Waals surface area contributed by atoms with Gasteiger partial charge in [0.1, 0.15) is 0 Å². The molecule has 2 aliphatic heterocycles. The van der Waals surface area contributed by atoms with Crippen LogP contribution in [-0.2, 0) is 11.2 Å². The summed E-state index contributed by atoms with van der Waals surface area (Å²) in [5.74, 6) is -0.340. The molecular formula is C20H19N5OS. The number of fused-ring (bicyclic) bond motifs is 1. The van der Waals surface area contributed by atoms with Crippen molar-refractivity contribution in [2.75, 3.05) is 0 Å². The normalized spacial score (nSPS) is 17.7. The molecule has 7 heteroatoms. The second-order valence-electron chi connectivity index (χ2n) is 6.40. The fraction of sp³-hybridized carbons (Fsp3) is 0.200. The lowest BCUT2D eigenvalue weighted by Gasteiger charge is -2.20. The van der Waals surface area contributed by atoms with E-state index < -0.39 is 5.91 Å². The van der Waals surface area contributed by atoms with Gasteiger partial charge in [-0.05, 0) is 61.4 Å². The van der Waals surface area contributed by atoms with Gasteiger partial charge in [-0.25, -0.2) is 0 Å². The fourth-order valence-electron chi connectivity index (χ4n) is 3.42. The van der Waals surface area contributed by atoms with Crippen molar-refractivity contribution in [2.24, 2.45) is 10.1 Å². The maximum Gasteiger partial charge on any atom is 0.283 e. The molecule has 0 aliphatic carbocycles. The molecule has 0 saturated carbocycles. The zero-order valence-corrected chi connectivity index (χ0v) is 16.2. The highest BCUT2D eigenvalue weighted by Gasteiger charge is 2.32. The van der Waals surface area contributed by atoms with Gasteiger partial charge in [-0.2, -0.15) is 15.1 Å². The van der Waals surface area contributed by atoms with Crippen LogP contribution in [0.3, 0.4) is 0 Å². The first-order valence-electron chi connectivity index (χ1n) is 8.71. The molecule has 0 fully saturated rings. The van der Waals surface area contributed by atoms with Gasteiger partial charge in [0.2, 0.25) is 0 Å². The van der Waals surface area contributed by atoms with Crippen molar-refractivity contribution in [1.29, 1.82) is 5.41 Å². The Morgan fingerprint density at radius 1 is 1.26 bits per heavy atom. The van der Waals surface area contributed by atoms with E-state index in [0.29, 0.717) is 5.17 Å². The summed E-state index contributed by atoms with van der Waals surface area (Å²) in [6, 6.07) is 10.4. The van der Waals surface area contributed by atoms with Gasteiger partial charge in [0, 0.05) is 17.1 Å². The van der Waals surface area contributed by atoms with E-state index in [1.807, 2.05) is 32.0 Å². The van der Waals surface area contributed by atoms with Gasteiger partial charge < -0.3 is 4.57 Å². The van der Waals surface area contributed by atoms with Crippen LogP contribution < -0.4 is 0 Å². The number of nitrogens with one attached hydrogen (secondary N) is 1. The number of amidine groups is 2. The molecule has 1 amide bonds. The number of nitrogens with zero attached hydrogens (tertiary/aromatic N) is 4. The lowest BCUT2D eigenvalue weighted by molar-refractivity contribution is -0.114. The third-order valence-corrected chi connectivity index (χ3v) is 5.45. The number of aromatic nitrogens is 1. The Morgan fingerprint density at radius 2 is 2.04 bits per heavy atom. The highest BCUT2D eigenvalue weighted by molar-refractivity contribution is 8.25. The molecule has 27 heavy (non-hydrogen) atoms. The molecule has 2 aromatic rings. The Kier molecular flexibility index (Phi) is 4.31. The molecule has 1 aromatic heterocycles. The predicted octanol–water partition coefficient (Wildman–Crippen LogP) is 3.91. The van der Waals surface area contributed by atoms with E-state index in [0.717, 1.165) is 29.1 Å². The van der Waals surface area contributed by atoms with Crippen LogP contribution in [-0.4, -0.2) is 32.0 Å². The molecule has 6 nitrogen and oxygen atoms in total. The summed E-state index contributed by atoms with van der Waals surface area (Å²) in [6.45, 7) is 6.22. The maximum atomic E-state index is 12.4. The number of thioether (sulfide) groups is 1. The standard InChI is InChI=1S/C20H19N5OS/c1-4-14-7-5-6-8-17(14)24-12(2)9-15(13(24)3)10-16-18(21)25-20(23-19(16)26)27-11-22-25/h5-11,21H,4H2,1-3H3/b16-10+,21-18?. The smallest absolute Gasteiger partial charge is 0.283 e. The molecular weight excluding hydrogens is 358 g/mol. The first kappa shape index (κ1) is 17.5. The monoisotopic (exact) mass is 377 g/mol. The first-order chi connectivity index (χ1) is 13.0. The van der Waals surface area contributed by atoms with Crippen LogP contribution in [0.2, 0.25) is 0 Å². The second kappa shape index (κ2) is 6.66. The number of carbonyl (C=O) groups excluding carboxylic acids is 1. The van der Waals surface area contributed by atoms with Crippen LogP contribution in [0.4, 0.5) is 0 Å². The minimum Gasteiger partial charge on any atom is -0.318 e. The van der Waals surface area contributed by atoms with Gasteiger partial charge in [-0.3, -0.25) is 10.2 Å². The predicted molar refractivity (Wildman–Crippen MR) is 111 cm³/mol. The summed E-state index contributed by atoms with van der Waals surface area (Å²) in [4.78, 5) is 16.5. The van der Waals surface area contributed by atoms with Gasteiger partial charge in [0.15, 0.2) is 11.0 Å². The van der Waals surface area contributed by atoms with Crippen LogP contribution in [0, 0.1) is 19.3 Å². The molecule has 0 radical (unpaired) electrons. The van der Waals surface area contributed by atoms with Gasteiger partial charge >= 0.3 is 0 Å². The molecule has 1 N–H and O–H groups in total. The number of benzene rings is 1. The first-order valence-corrected chi connectivity index (χ1v) is 9.59. The van der Waals surface area contributed by atoms with Gasteiger partial charge in [-0.15, -0.1) is 0 Å². The van der Waals surface area contributed by atoms with Crippen LogP contribution in [0.25, 0.3) is 11.8 Å². The Morgan fingerprint density at radius 3 is 2.81 bits per heavy atom. The number of amides is 1. The highest BCUT2D eigenvalue weighted by atomic mass is 32.2. The number of hydrazone groups is 1. The zero-order chi connectivity index (χ0) is 19.1. The Balaban J connectivity index is 1.81. The van der Waals surface area contributed by atoms with E-state index in [4.69, 9.17) is 5.41 Å². The third-order valence-electron chi connectivity index (χ3n) is 4.78. The van der Waals surface area contributed by atoms with Crippen molar-refractivity contribution in [3.05, 3.63) is 58.4 Å². The summed E-state index contributed by atoms with van der Waals surface area (Å²) < 4.78 is 2.20. The van der Waals surface area contributed by atoms with E-state index in [1.165, 1.54) is 22.3 Å². The summed E-state index contributed by atoms with van der Waals surface area (Å²) in [5.41, 5.74) is 7.24. The number of hydrogen-bond acceptors (Lipinski definition) is 4. The van der Waals surface area contributed by atoms with Crippen molar-refractivity contribution >= 4 is 40.3 Å². The van der Waals surface area contributed by atoms with Gasteiger partial charge in [0.05, 0.1) is 11.1 Å². The molecule has 0 saturated heterocycles. The Labute approximate surface area is 161 Å². The molecule has 1 aromatic carbocycles. The summed E-state index contributed by atoms with van der Waals surface area (Å²) >= 11 is 1.24. The third kappa shape index (κ3) is 2.84. The minimum atomic E-state index is -0.400. The average molecular weight is 377 g/mol. The molecule has 0 atom stereocenters. The SMILES string of the molecule is CCc1ccccc1-n1c(C)cc(/C=C2\C(=N)N3N=CSC3=NC2=O)c1C. The lowest BCUT2D eigenvalue weighted by Crippen LogP contribution is -2.35. The summed E-state index contributed by atoms with van der Waals surface area (Å²) in [6.07, 6.45) is 2.69. The van der Waals surface area contributed by atoms with Crippen molar-refractivity contribution < 1.29 is 4.79 Å². The summed E-state index contributed by atoms with van der Waals surface area (Å²) in [5, 5.41) is 14.3. The van der Waals surface area contributed by atoms with Crippen molar-refractivity contribution in [1.82, 2.24) is 9.58 Å². The number of aryl methyl sites for hydroxylation is 2. The zero-order valence-electron chi connectivity index (χ0n) is 15.4. The number of carbonyl (C=O) groups is 1. The minimum absolute atomic E-state index is 0.0602. The largest absolute Gasteiger partial charge is 0.318 e. The van der Waals surface area contributed by atoms with Crippen LogP contribution >= 0.6 is 11.8 Å². The van der Waals surface area contributed by atoms with Gasteiger partial charge in [0.25, 0.3) is 5.91 Å². The van der Waals surface area contributed by atoms with Crippen LogP contribution in [0.1, 0.15) is 29.4 Å². The number of hydrogen-bond donors (Lipinski definition) is 1. The second-order valence-corrected chi connectivity index (χ2v) is 7.21. The van der Waals surface area contributed by atoms with E-state index in [9.17, 15) is 4.79 Å². The molecule has 2 aliphatic rings. The van der Waals surface area contributed by atoms with Crippen molar-refractivity contribution in [3.8, 4) is 5.69 Å². The van der Waals surface area contributed by atoms with Crippen molar-refractivity contribution in [2.45, 2.75) is 27.2 Å². The molecule has 0 spiro atoms.